The topological polar surface area (TPSA) is 108 Å². The van der Waals surface area contributed by atoms with E-state index < -0.39 is 5.82 Å². The number of ether oxygens (including phenoxy) is 1. The fourth-order valence-corrected chi connectivity index (χ4v) is 5.46. The predicted octanol–water partition coefficient (Wildman–Crippen LogP) is 1.72. The molecule has 2 N–H and O–H groups in total. The van der Waals surface area contributed by atoms with Crippen molar-refractivity contribution in [3.63, 3.8) is 0 Å². The highest BCUT2D eigenvalue weighted by Gasteiger charge is 2.41. The molecule has 3 aliphatic rings. The normalized spacial score (nSPS) is 22.6. The van der Waals surface area contributed by atoms with Gasteiger partial charge in [0.1, 0.15) is 40.2 Å². The molecule has 12 heteroatoms. The summed E-state index contributed by atoms with van der Waals surface area (Å²) in [4.78, 5) is 42.6. The third kappa shape index (κ3) is 4.20. The number of piperazine rings is 2. The summed E-state index contributed by atoms with van der Waals surface area (Å²) in [6.45, 7) is 6.99. The van der Waals surface area contributed by atoms with Gasteiger partial charge in [-0.2, -0.15) is 0 Å². The van der Waals surface area contributed by atoms with Gasteiger partial charge in [0, 0.05) is 52.2 Å². The smallest absolute Gasteiger partial charge is 0.261 e. The zero-order chi connectivity index (χ0) is 25.7. The van der Waals surface area contributed by atoms with E-state index in [1.54, 1.807) is 9.80 Å². The van der Waals surface area contributed by atoms with Crippen LogP contribution >= 0.6 is 11.6 Å². The van der Waals surface area contributed by atoms with Gasteiger partial charge in [-0.25, -0.2) is 14.4 Å². The molecule has 36 heavy (non-hydrogen) atoms. The minimum Gasteiger partial charge on any atom is -0.489 e. The van der Waals surface area contributed by atoms with Crippen molar-refractivity contribution in [3.8, 4) is 17.1 Å². The van der Waals surface area contributed by atoms with E-state index in [9.17, 15) is 14.0 Å². The lowest BCUT2D eigenvalue weighted by Crippen LogP contribution is -2.57. The summed E-state index contributed by atoms with van der Waals surface area (Å²) in [7, 11) is 2.04. The van der Waals surface area contributed by atoms with E-state index >= 15 is 0 Å². The predicted molar refractivity (Wildman–Crippen MR) is 134 cm³/mol. The van der Waals surface area contributed by atoms with Gasteiger partial charge in [-0.05, 0) is 26.1 Å². The third-order valence-corrected chi connectivity index (χ3v) is 7.44. The maximum atomic E-state index is 14.9. The van der Waals surface area contributed by atoms with E-state index in [4.69, 9.17) is 27.1 Å². The Morgan fingerprint density at radius 1 is 1.14 bits per heavy atom. The molecule has 0 aromatic carbocycles. The molecular formula is C24H29ClFN7O3. The summed E-state index contributed by atoms with van der Waals surface area (Å²) < 4.78 is 21.1. The Bertz CT molecular complexity index is 1230. The van der Waals surface area contributed by atoms with Crippen molar-refractivity contribution >= 4 is 35.1 Å². The van der Waals surface area contributed by atoms with Crippen molar-refractivity contribution in [2.45, 2.75) is 25.9 Å². The maximum Gasteiger partial charge on any atom is 0.261 e. The number of amides is 2. The Morgan fingerprint density at radius 2 is 1.89 bits per heavy atom. The summed E-state index contributed by atoms with van der Waals surface area (Å²) in [5.41, 5.74) is 6.06. The number of pyridine rings is 2. The summed E-state index contributed by atoms with van der Waals surface area (Å²) >= 11 is 6.77. The first-order valence-corrected chi connectivity index (χ1v) is 12.3. The number of nitrogens with zero attached hydrogens (tertiary/aromatic N) is 6. The van der Waals surface area contributed by atoms with Crippen molar-refractivity contribution in [2.24, 2.45) is 0 Å². The van der Waals surface area contributed by atoms with E-state index in [1.165, 1.54) is 19.1 Å². The quantitative estimate of drug-likeness (QED) is 0.641. The number of carbonyl (C=O) groups is 2. The first kappa shape index (κ1) is 24.5. The molecule has 5 heterocycles. The fourth-order valence-electron chi connectivity index (χ4n) is 5.17. The van der Waals surface area contributed by atoms with Gasteiger partial charge in [0.15, 0.2) is 11.6 Å². The van der Waals surface area contributed by atoms with Gasteiger partial charge in [0.05, 0.1) is 6.04 Å². The molecule has 0 unspecified atom stereocenters. The van der Waals surface area contributed by atoms with Crippen LogP contribution in [0.3, 0.4) is 0 Å². The zero-order valence-electron chi connectivity index (χ0n) is 20.5. The Labute approximate surface area is 213 Å². The van der Waals surface area contributed by atoms with Crippen molar-refractivity contribution in [1.82, 2.24) is 24.7 Å². The molecule has 0 aliphatic carbocycles. The van der Waals surface area contributed by atoms with E-state index in [2.05, 4.69) is 9.88 Å². The van der Waals surface area contributed by atoms with Gasteiger partial charge in [-0.3, -0.25) is 9.59 Å². The Morgan fingerprint density at radius 3 is 2.61 bits per heavy atom. The van der Waals surface area contributed by atoms with Gasteiger partial charge < -0.3 is 30.1 Å². The van der Waals surface area contributed by atoms with Crippen molar-refractivity contribution in [2.75, 3.05) is 63.6 Å². The highest BCUT2D eigenvalue weighted by Crippen LogP contribution is 2.44. The molecule has 5 rings (SSSR count). The van der Waals surface area contributed by atoms with Gasteiger partial charge in [-0.15, -0.1) is 0 Å². The number of rotatable bonds is 2. The molecule has 3 aliphatic heterocycles. The molecule has 10 nitrogen and oxygen atoms in total. The number of carbonyl (C=O) groups excluding carboxylic acids is 2. The van der Waals surface area contributed by atoms with Crippen molar-refractivity contribution < 1.29 is 18.7 Å². The average molecular weight is 518 g/mol. The number of nitrogen functional groups attached to an aromatic ring is 1. The largest absolute Gasteiger partial charge is 0.489 e. The second-order valence-corrected chi connectivity index (χ2v) is 9.98. The lowest BCUT2D eigenvalue weighted by Gasteiger charge is -2.41. The van der Waals surface area contributed by atoms with E-state index in [0.717, 1.165) is 13.1 Å². The Balaban J connectivity index is 1.68. The highest BCUT2D eigenvalue weighted by molar-refractivity contribution is 6.35. The van der Waals surface area contributed by atoms with Crippen molar-refractivity contribution in [1.29, 1.82) is 0 Å². The molecule has 0 radical (unpaired) electrons. The van der Waals surface area contributed by atoms with Crippen LogP contribution in [-0.2, 0) is 4.79 Å². The first-order chi connectivity index (χ1) is 17.2. The minimum atomic E-state index is -0.634. The third-order valence-electron chi connectivity index (χ3n) is 7.09. The second-order valence-electron chi connectivity index (χ2n) is 9.60. The molecule has 0 saturated carbocycles. The van der Waals surface area contributed by atoms with Crippen LogP contribution in [0.25, 0.3) is 11.4 Å². The zero-order valence-corrected chi connectivity index (χ0v) is 21.3. The molecule has 2 aromatic heterocycles. The van der Waals surface area contributed by atoms with Crippen LogP contribution in [0.4, 0.5) is 16.0 Å². The van der Waals surface area contributed by atoms with Crippen molar-refractivity contribution in [3.05, 3.63) is 28.5 Å². The standard InChI is InChI=1S/C24H29ClFN7O3/c1-13-10-30(3)6-8-32(13)23-18-22(19(25)21(29-23)20-16(26)4-5-17(27)28-20)36-12-15-11-31(14(2)34)7-9-33(15)24(18)35/h4-5,13,15H,6-12H2,1-3H3,(H2,27,28)/t13-,15+/m0/s1. The van der Waals surface area contributed by atoms with Crippen LogP contribution in [-0.4, -0.2) is 101 Å². The number of likely N-dealkylation sites (N-methyl/N-ethyl adjacent to an activating group) is 1. The van der Waals surface area contributed by atoms with Gasteiger partial charge in [0.2, 0.25) is 5.91 Å². The molecule has 2 atom stereocenters. The summed E-state index contributed by atoms with van der Waals surface area (Å²) in [6.07, 6.45) is 0. The number of aromatic nitrogens is 2. The van der Waals surface area contributed by atoms with E-state index in [-0.39, 0.29) is 64.0 Å². The van der Waals surface area contributed by atoms with Crippen LogP contribution in [0.1, 0.15) is 24.2 Å². The number of halogens is 2. The molecule has 2 amide bonds. The molecule has 192 valence electrons. The molecular weight excluding hydrogens is 489 g/mol. The molecule has 0 spiro atoms. The number of nitrogens with two attached hydrogens (primary N) is 1. The summed E-state index contributed by atoms with van der Waals surface area (Å²) in [5, 5.41) is 0.00384. The fraction of sp³-hybridized carbons (Fsp3) is 0.500. The van der Waals surface area contributed by atoms with E-state index in [0.29, 0.717) is 32.0 Å². The van der Waals surface area contributed by atoms with Crippen LogP contribution in [0.2, 0.25) is 5.02 Å². The summed E-state index contributed by atoms with van der Waals surface area (Å²) in [5.74, 6) is -0.300. The SMILES string of the molecule is CC(=O)N1CCN2C(=O)c3c(N4CCN(C)C[C@@H]4C)nc(-c4nc(N)ccc4F)c(Cl)c3OC[C@H]2C1. The van der Waals surface area contributed by atoms with Crippen LogP contribution in [0.15, 0.2) is 12.1 Å². The number of hydrogen-bond acceptors (Lipinski definition) is 8. The summed E-state index contributed by atoms with van der Waals surface area (Å²) in [6, 6.07) is 2.25. The maximum absolute atomic E-state index is 14.9. The lowest BCUT2D eigenvalue weighted by molar-refractivity contribution is -0.131. The number of fused-ring (bicyclic) bond motifs is 2. The minimum absolute atomic E-state index is 0.00384. The average Bonchev–Trinajstić information content (AvgIpc) is 2.98. The Kier molecular flexibility index (Phi) is 6.37. The van der Waals surface area contributed by atoms with Crippen LogP contribution in [0.5, 0.6) is 5.75 Å². The Hall–Kier alpha value is -3.18. The van der Waals surface area contributed by atoms with Crippen LogP contribution in [0, 0.1) is 5.82 Å². The molecule has 2 aromatic rings. The highest BCUT2D eigenvalue weighted by atomic mass is 35.5. The van der Waals surface area contributed by atoms with Gasteiger partial charge in [0.25, 0.3) is 5.91 Å². The number of hydrogen-bond donors (Lipinski definition) is 1. The monoisotopic (exact) mass is 517 g/mol. The first-order valence-electron chi connectivity index (χ1n) is 12.0. The van der Waals surface area contributed by atoms with Crippen LogP contribution < -0.4 is 15.4 Å². The molecule has 2 saturated heterocycles. The molecule has 0 bridgehead atoms. The molecule has 2 fully saturated rings. The van der Waals surface area contributed by atoms with Gasteiger partial charge in [-0.1, -0.05) is 11.6 Å². The van der Waals surface area contributed by atoms with Gasteiger partial charge >= 0.3 is 0 Å². The van der Waals surface area contributed by atoms with E-state index in [1.807, 2.05) is 18.9 Å². The number of anilines is 2. The lowest BCUT2D eigenvalue weighted by atomic mass is 10.1. The second kappa shape index (κ2) is 9.36.